The zero-order chi connectivity index (χ0) is 15.7. The van der Waals surface area contributed by atoms with Crippen LogP contribution in [0, 0.1) is 5.92 Å². The molecule has 1 aromatic carbocycles. The lowest BCUT2D eigenvalue weighted by Gasteiger charge is -2.28. The molecule has 4 heteroatoms. The Morgan fingerprint density at radius 1 is 1.27 bits per heavy atom. The first-order valence-electron chi connectivity index (χ1n) is 8.51. The summed E-state index contributed by atoms with van der Waals surface area (Å²) in [6.07, 6.45) is 4.37. The van der Waals surface area contributed by atoms with Crippen molar-refractivity contribution in [1.29, 1.82) is 0 Å². The van der Waals surface area contributed by atoms with E-state index in [2.05, 4.69) is 37.4 Å². The fourth-order valence-corrected chi connectivity index (χ4v) is 5.59. The molecule has 0 bridgehead atoms. The fraction of sp³-hybridized carbons (Fsp3) is 0.667. The molecule has 2 aliphatic rings. The van der Waals surface area contributed by atoms with Gasteiger partial charge in [-0.15, -0.1) is 0 Å². The van der Waals surface area contributed by atoms with Crippen LogP contribution in [-0.4, -0.2) is 26.5 Å². The minimum absolute atomic E-state index is 0.295. The summed E-state index contributed by atoms with van der Waals surface area (Å²) in [4.78, 5) is 0. The highest BCUT2D eigenvalue weighted by Gasteiger charge is 2.29. The Hall–Kier alpha value is -0.870. The molecule has 22 heavy (non-hydrogen) atoms. The third kappa shape index (κ3) is 3.54. The van der Waals surface area contributed by atoms with Gasteiger partial charge >= 0.3 is 0 Å². The second-order valence-corrected chi connectivity index (χ2v) is 9.46. The topological polar surface area (TPSA) is 46.2 Å². The Balaban J connectivity index is 1.70. The van der Waals surface area contributed by atoms with Crippen LogP contribution >= 0.6 is 0 Å². The van der Waals surface area contributed by atoms with Crippen LogP contribution in [0.4, 0.5) is 0 Å². The van der Waals surface area contributed by atoms with E-state index < -0.39 is 9.84 Å². The Morgan fingerprint density at radius 2 is 2.09 bits per heavy atom. The molecule has 3 rings (SSSR count). The zero-order valence-corrected chi connectivity index (χ0v) is 14.5. The van der Waals surface area contributed by atoms with E-state index in [1.165, 1.54) is 29.5 Å². The minimum Gasteiger partial charge on any atom is -0.310 e. The molecular weight excluding hydrogens is 294 g/mol. The number of aryl methyl sites for hydroxylation is 1. The average molecular weight is 321 g/mol. The van der Waals surface area contributed by atoms with E-state index in [1.807, 2.05) is 0 Å². The molecule has 0 radical (unpaired) electrons. The number of benzene rings is 1. The van der Waals surface area contributed by atoms with E-state index in [-0.39, 0.29) is 0 Å². The molecule has 0 unspecified atom stereocenters. The Labute approximate surface area is 134 Å². The van der Waals surface area contributed by atoms with Gasteiger partial charge in [0.15, 0.2) is 9.84 Å². The summed E-state index contributed by atoms with van der Waals surface area (Å²) in [6.45, 7) is 5.29. The van der Waals surface area contributed by atoms with Gasteiger partial charge in [0, 0.05) is 6.04 Å². The van der Waals surface area contributed by atoms with Crippen molar-refractivity contribution in [2.24, 2.45) is 5.92 Å². The molecule has 1 fully saturated rings. The monoisotopic (exact) mass is 321 g/mol. The molecule has 1 heterocycles. The Bertz CT molecular complexity index is 636. The summed E-state index contributed by atoms with van der Waals surface area (Å²) in [6, 6.07) is 7.31. The van der Waals surface area contributed by atoms with Crippen molar-refractivity contribution in [3.8, 4) is 0 Å². The highest BCUT2D eigenvalue weighted by molar-refractivity contribution is 7.91. The number of fused-ring (bicyclic) bond motifs is 1. The highest BCUT2D eigenvalue weighted by atomic mass is 32.2. The quantitative estimate of drug-likeness (QED) is 0.926. The van der Waals surface area contributed by atoms with E-state index in [0.29, 0.717) is 29.4 Å². The first-order chi connectivity index (χ1) is 10.4. The van der Waals surface area contributed by atoms with Crippen molar-refractivity contribution >= 4 is 9.84 Å². The van der Waals surface area contributed by atoms with Crippen molar-refractivity contribution in [2.45, 2.75) is 51.5 Å². The predicted octanol–water partition coefficient (Wildman–Crippen LogP) is 3.21. The number of hydrogen-bond donors (Lipinski definition) is 1. The van der Waals surface area contributed by atoms with Crippen LogP contribution < -0.4 is 5.32 Å². The molecule has 3 nitrogen and oxygen atoms in total. The first kappa shape index (κ1) is 16.0. The molecule has 0 saturated carbocycles. The van der Waals surface area contributed by atoms with Gasteiger partial charge in [-0.05, 0) is 60.8 Å². The van der Waals surface area contributed by atoms with Gasteiger partial charge in [-0.25, -0.2) is 8.42 Å². The molecule has 0 aromatic heterocycles. The Morgan fingerprint density at radius 3 is 2.77 bits per heavy atom. The normalized spacial score (nSPS) is 27.0. The summed E-state index contributed by atoms with van der Waals surface area (Å²) in [7, 11) is -2.77. The third-order valence-electron chi connectivity index (χ3n) is 5.13. The third-order valence-corrected chi connectivity index (χ3v) is 6.97. The molecule has 1 N–H and O–H groups in total. The molecule has 122 valence electrons. The van der Waals surface area contributed by atoms with E-state index >= 15 is 0 Å². The highest BCUT2D eigenvalue weighted by Crippen LogP contribution is 2.32. The number of rotatable bonds is 4. The van der Waals surface area contributed by atoms with Crippen molar-refractivity contribution in [1.82, 2.24) is 5.32 Å². The Kier molecular flexibility index (Phi) is 4.60. The summed E-state index contributed by atoms with van der Waals surface area (Å²) >= 11 is 0. The maximum absolute atomic E-state index is 11.6. The second kappa shape index (κ2) is 6.32. The van der Waals surface area contributed by atoms with E-state index in [4.69, 9.17) is 0 Å². The van der Waals surface area contributed by atoms with Crippen molar-refractivity contribution in [3.05, 3.63) is 34.9 Å². The standard InChI is InChI=1S/C18H27NO2S/c1-13(2)16-7-6-15-4-3-5-18(17(15)10-16)19-11-14-8-9-22(20,21)12-14/h6-7,10,13-14,18-19H,3-5,8-9,11-12H2,1-2H3/t14-,18-/m0/s1. The van der Waals surface area contributed by atoms with Gasteiger partial charge in [0.05, 0.1) is 11.5 Å². The van der Waals surface area contributed by atoms with Crippen LogP contribution in [0.3, 0.4) is 0 Å². The van der Waals surface area contributed by atoms with Gasteiger partial charge in [-0.1, -0.05) is 32.0 Å². The molecule has 0 amide bonds. The van der Waals surface area contributed by atoms with Gasteiger partial charge in [-0.3, -0.25) is 0 Å². The van der Waals surface area contributed by atoms with Crippen molar-refractivity contribution in [3.63, 3.8) is 0 Å². The largest absolute Gasteiger partial charge is 0.310 e. The van der Waals surface area contributed by atoms with Gasteiger partial charge < -0.3 is 5.32 Å². The molecule has 1 aliphatic carbocycles. The first-order valence-corrected chi connectivity index (χ1v) is 10.3. The summed E-state index contributed by atoms with van der Waals surface area (Å²) < 4.78 is 23.2. The van der Waals surface area contributed by atoms with Crippen LogP contribution in [0.2, 0.25) is 0 Å². The minimum atomic E-state index is -2.77. The fourth-order valence-electron chi connectivity index (χ4n) is 3.73. The van der Waals surface area contributed by atoms with E-state index in [0.717, 1.165) is 19.4 Å². The number of sulfone groups is 1. The maximum Gasteiger partial charge on any atom is 0.150 e. The van der Waals surface area contributed by atoms with Crippen molar-refractivity contribution < 1.29 is 8.42 Å². The SMILES string of the molecule is CC(C)c1ccc2c(c1)[C@@H](NC[C@@H]1CCS(=O)(=O)C1)CCC2. The molecular formula is C18H27NO2S. The summed E-state index contributed by atoms with van der Waals surface area (Å²) in [5.74, 6) is 1.58. The molecule has 0 spiro atoms. The van der Waals surface area contributed by atoms with E-state index in [1.54, 1.807) is 0 Å². The van der Waals surface area contributed by atoms with E-state index in [9.17, 15) is 8.42 Å². The lowest BCUT2D eigenvalue weighted by Crippen LogP contribution is -2.30. The lowest BCUT2D eigenvalue weighted by atomic mass is 9.85. The number of nitrogens with one attached hydrogen (secondary N) is 1. The summed E-state index contributed by atoms with van der Waals surface area (Å²) in [5.41, 5.74) is 4.31. The smallest absolute Gasteiger partial charge is 0.150 e. The van der Waals surface area contributed by atoms with Gasteiger partial charge in [0.1, 0.15) is 0 Å². The van der Waals surface area contributed by atoms with Crippen LogP contribution in [0.15, 0.2) is 18.2 Å². The van der Waals surface area contributed by atoms with Gasteiger partial charge in [0.2, 0.25) is 0 Å². The van der Waals surface area contributed by atoms with Gasteiger partial charge in [0.25, 0.3) is 0 Å². The molecule has 1 aliphatic heterocycles. The van der Waals surface area contributed by atoms with Crippen LogP contribution in [0.5, 0.6) is 0 Å². The van der Waals surface area contributed by atoms with Crippen LogP contribution in [0.1, 0.15) is 61.8 Å². The average Bonchev–Trinajstić information content (AvgIpc) is 2.83. The predicted molar refractivity (Wildman–Crippen MR) is 91.0 cm³/mol. The van der Waals surface area contributed by atoms with Crippen LogP contribution in [-0.2, 0) is 16.3 Å². The van der Waals surface area contributed by atoms with Crippen LogP contribution in [0.25, 0.3) is 0 Å². The maximum atomic E-state index is 11.6. The molecule has 2 atom stereocenters. The van der Waals surface area contributed by atoms with Gasteiger partial charge in [-0.2, -0.15) is 0 Å². The second-order valence-electron chi connectivity index (χ2n) is 7.24. The lowest BCUT2D eigenvalue weighted by molar-refractivity contribution is 0.417. The summed E-state index contributed by atoms with van der Waals surface area (Å²) in [5, 5.41) is 3.66. The number of hydrogen-bond acceptors (Lipinski definition) is 3. The zero-order valence-electron chi connectivity index (χ0n) is 13.6. The van der Waals surface area contributed by atoms with Crippen molar-refractivity contribution in [2.75, 3.05) is 18.1 Å². The molecule has 1 saturated heterocycles. The molecule has 1 aromatic rings.